The molecule has 1 aromatic carbocycles. The van der Waals surface area contributed by atoms with Crippen LogP contribution in [0.2, 0.25) is 0 Å². The zero-order chi connectivity index (χ0) is 14.0. The van der Waals surface area contributed by atoms with Crippen molar-refractivity contribution in [1.82, 2.24) is 0 Å². The van der Waals surface area contributed by atoms with Crippen molar-refractivity contribution < 1.29 is 4.74 Å². The Balaban J connectivity index is 2.23. The maximum absolute atomic E-state index is 5.70. The van der Waals surface area contributed by atoms with Crippen LogP contribution in [0, 0.1) is 0 Å². The second-order valence-electron chi connectivity index (χ2n) is 5.45. The number of fused-ring (bicyclic) bond motifs is 1. The quantitative estimate of drug-likeness (QED) is 0.720. The predicted octanol–water partition coefficient (Wildman–Crippen LogP) is 4.94. The smallest absolute Gasteiger partial charge is 0.0868 e. The summed E-state index contributed by atoms with van der Waals surface area (Å²) in [5, 5.41) is 0.455. The average Bonchev–Trinajstić information content (AvgIpc) is 2.39. The van der Waals surface area contributed by atoms with Crippen LogP contribution in [0.1, 0.15) is 32.8 Å². The van der Waals surface area contributed by atoms with Crippen LogP contribution in [-0.4, -0.2) is 18.0 Å². The normalized spacial score (nSPS) is 21.3. The first-order valence-electron chi connectivity index (χ1n) is 6.61. The lowest BCUT2D eigenvalue weighted by Crippen LogP contribution is -2.33. The van der Waals surface area contributed by atoms with E-state index in [-0.39, 0.29) is 5.60 Å². The molecule has 0 aromatic heterocycles. The van der Waals surface area contributed by atoms with Crippen molar-refractivity contribution in [2.45, 2.75) is 42.9 Å². The summed E-state index contributed by atoms with van der Waals surface area (Å²) in [6.07, 6.45) is 3.26. The zero-order valence-electron chi connectivity index (χ0n) is 12.2. The summed E-state index contributed by atoms with van der Waals surface area (Å²) in [5.41, 5.74) is 3.57. The summed E-state index contributed by atoms with van der Waals surface area (Å²) in [7, 11) is 1.77. The molecular weight excluding hydrogens is 252 g/mol. The molecule has 0 aliphatic carbocycles. The van der Waals surface area contributed by atoms with Crippen molar-refractivity contribution in [3.63, 3.8) is 0 Å². The lowest BCUT2D eigenvalue weighted by atomic mass is 9.90. The zero-order valence-corrected chi connectivity index (χ0v) is 13.0. The molecule has 0 spiro atoms. The molecule has 2 atom stereocenters. The van der Waals surface area contributed by atoms with Crippen LogP contribution in [0.5, 0.6) is 0 Å². The van der Waals surface area contributed by atoms with E-state index >= 15 is 0 Å². The van der Waals surface area contributed by atoms with Gasteiger partial charge in [-0.2, -0.15) is 0 Å². The molecule has 1 aliphatic heterocycles. The topological polar surface area (TPSA) is 9.23 Å². The van der Waals surface area contributed by atoms with Gasteiger partial charge in [0.1, 0.15) is 0 Å². The minimum Gasteiger partial charge on any atom is -0.374 e. The SMILES string of the molecule is C=C(C)C(C)(CC1Sc2ccccc2C=C1C)OC. The largest absolute Gasteiger partial charge is 0.374 e. The van der Waals surface area contributed by atoms with Gasteiger partial charge in [-0.1, -0.05) is 36.4 Å². The third kappa shape index (κ3) is 2.96. The molecule has 19 heavy (non-hydrogen) atoms. The van der Waals surface area contributed by atoms with E-state index < -0.39 is 0 Å². The Morgan fingerprint density at radius 3 is 2.74 bits per heavy atom. The monoisotopic (exact) mass is 274 g/mol. The minimum atomic E-state index is -0.251. The van der Waals surface area contributed by atoms with Gasteiger partial charge in [0.2, 0.25) is 0 Å². The Morgan fingerprint density at radius 1 is 1.42 bits per heavy atom. The number of rotatable bonds is 4. The molecule has 0 N–H and O–H groups in total. The molecular formula is C17H22OS. The van der Waals surface area contributed by atoms with E-state index in [9.17, 15) is 0 Å². The second-order valence-corrected chi connectivity index (χ2v) is 6.70. The number of ether oxygens (including phenoxy) is 1. The van der Waals surface area contributed by atoms with Crippen LogP contribution in [0.3, 0.4) is 0 Å². The van der Waals surface area contributed by atoms with Gasteiger partial charge in [0.05, 0.1) is 5.60 Å². The van der Waals surface area contributed by atoms with Crippen LogP contribution in [-0.2, 0) is 4.74 Å². The fourth-order valence-electron chi connectivity index (χ4n) is 2.28. The highest BCUT2D eigenvalue weighted by molar-refractivity contribution is 8.00. The first-order valence-corrected chi connectivity index (χ1v) is 7.49. The van der Waals surface area contributed by atoms with Crippen molar-refractivity contribution >= 4 is 17.8 Å². The summed E-state index contributed by atoms with van der Waals surface area (Å²) in [6, 6.07) is 8.57. The Kier molecular flexibility index (Phi) is 4.22. The highest BCUT2D eigenvalue weighted by atomic mass is 32.2. The molecule has 0 fully saturated rings. The Morgan fingerprint density at radius 2 is 2.11 bits per heavy atom. The van der Waals surface area contributed by atoms with Crippen LogP contribution in [0.25, 0.3) is 6.08 Å². The van der Waals surface area contributed by atoms with Gasteiger partial charge in [-0.15, -0.1) is 11.8 Å². The van der Waals surface area contributed by atoms with Gasteiger partial charge in [-0.05, 0) is 44.4 Å². The highest BCUT2D eigenvalue weighted by Gasteiger charge is 2.31. The van der Waals surface area contributed by atoms with Crippen molar-refractivity contribution in [2.24, 2.45) is 0 Å². The number of hydrogen-bond acceptors (Lipinski definition) is 2. The fourth-order valence-corrected chi connectivity index (χ4v) is 3.66. The minimum absolute atomic E-state index is 0.251. The molecule has 2 unspecified atom stereocenters. The Hall–Kier alpha value is -0.990. The van der Waals surface area contributed by atoms with E-state index in [1.807, 2.05) is 18.7 Å². The van der Waals surface area contributed by atoms with E-state index in [1.54, 1.807) is 7.11 Å². The molecule has 1 heterocycles. The third-order valence-electron chi connectivity index (χ3n) is 4.01. The average molecular weight is 274 g/mol. The van der Waals surface area contributed by atoms with Crippen molar-refractivity contribution in [2.75, 3.05) is 7.11 Å². The molecule has 1 aliphatic rings. The summed E-state index contributed by atoms with van der Waals surface area (Å²) in [4.78, 5) is 1.36. The van der Waals surface area contributed by atoms with Gasteiger partial charge in [0, 0.05) is 17.3 Å². The molecule has 1 aromatic rings. The Labute approximate surface area is 120 Å². The maximum Gasteiger partial charge on any atom is 0.0868 e. The van der Waals surface area contributed by atoms with Gasteiger partial charge >= 0.3 is 0 Å². The lowest BCUT2D eigenvalue weighted by Gasteiger charge is -2.34. The first kappa shape index (κ1) is 14.4. The van der Waals surface area contributed by atoms with Gasteiger partial charge in [-0.25, -0.2) is 0 Å². The van der Waals surface area contributed by atoms with Gasteiger partial charge in [-0.3, -0.25) is 0 Å². The van der Waals surface area contributed by atoms with Crippen LogP contribution < -0.4 is 0 Å². The summed E-state index contributed by atoms with van der Waals surface area (Å²) in [5.74, 6) is 0. The first-order chi connectivity index (χ1) is 8.96. The van der Waals surface area contributed by atoms with Gasteiger partial charge < -0.3 is 4.74 Å². The van der Waals surface area contributed by atoms with E-state index in [1.165, 1.54) is 16.0 Å². The molecule has 0 saturated heterocycles. The van der Waals surface area contributed by atoms with Crippen molar-refractivity contribution in [3.05, 3.63) is 47.6 Å². The molecule has 0 saturated carbocycles. The molecule has 102 valence electrons. The van der Waals surface area contributed by atoms with E-state index in [2.05, 4.69) is 50.8 Å². The lowest BCUT2D eigenvalue weighted by molar-refractivity contribution is 0.0329. The van der Waals surface area contributed by atoms with E-state index in [0.29, 0.717) is 5.25 Å². The van der Waals surface area contributed by atoms with Crippen molar-refractivity contribution in [3.8, 4) is 0 Å². The number of benzene rings is 1. The number of hydrogen-bond donors (Lipinski definition) is 0. The molecule has 0 bridgehead atoms. The van der Waals surface area contributed by atoms with Crippen molar-refractivity contribution in [1.29, 1.82) is 0 Å². The van der Waals surface area contributed by atoms with Gasteiger partial charge in [0.15, 0.2) is 0 Å². The molecule has 1 nitrogen and oxygen atoms in total. The fraction of sp³-hybridized carbons (Fsp3) is 0.412. The Bertz CT molecular complexity index is 518. The summed E-state index contributed by atoms with van der Waals surface area (Å²) >= 11 is 1.94. The maximum atomic E-state index is 5.70. The summed E-state index contributed by atoms with van der Waals surface area (Å²) in [6.45, 7) is 10.5. The van der Waals surface area contributed by atoms with Crippen LogP contribution >= 0.6 is 11.8 Å². The highest BCUT2D eigenvalue weighted by Crippen LogP contribution is 2.42. The molecule has 2 rings (SSSR count). The van der Waals surface area contributed by atoms with E-state index in [0.717, 1.165) is 12.0 Å². The second kappa shape index (κ2) is 5.56. The molecule has 0 amide bonds. The van der Waals surface area contributed by atoms with Gasteiger partial charge in [0.25, 0.3) is 0 Å². The number of thioether (sulfide) groups is 1. The summed E-state index contributed by atoms with van der Waals surface area (Å²) < 4.78 is 5.70. The predicted molar refractivity (Wildman–Crippen MR) is 84.6 cm³/mol. The number of methoxy groups -OCH3 is 1. The third-order valence-corrected chi connectivity index (χ3v) is 5.46. The molecule has 0 radical (unpaired) electrons. The standard InChI is InChI=1S/C17H22OS/c1-12(2)17(4,18-5)11-16-13(3)10-14-8-6-7-9-15(14)19-16/h6-10,16H,1,11H2,2-5H3. The van der Waals surface area contributed by atoms with Crippen LogP contribution in [0.4, 0.5) is 0 Å². The van der Waals surface area contributed by atoms with E-state index in [4.69, 9.17) is 4.74 Å². The molecule has 2 heteroatoms. The van der Waals surface area contributed by atoms with Crippen LogP contribution in [0.15, 0.2) is 46.9 Å².